The van der Waals surface area contributed by atoms with Crippen LogP contribution in [0.4, 0.5) is 17.1 Å². The number of amides is 3. The second-order valence-electron chi connectivity index (χ2n) is 7.81. The summed E-state index contributed by atoms with van der Waals surface area (Å²) in [4.78, 5) is 53.1. The smallest absolute Gasteiger partial charge is 0.338 e. The number of nitrogens with zero attached hydrogens (tertiary/aromatic N) is 2. The average molecular weight is 504 g/mol. The van der Waals surface area contributed by atoms with Crippen molar-refractivity contribution in [1.82, 2.24) is 0 Å². The number of anilines is 3. The van der Waals surface area contributed by atoms with Gasteiger partial charge >= 0.3 is 5.97 Å². The van der Waals surface area contributed by atoms with Crippen molar-refractivity contribution < 1.29 is 23.9 Å². The molecule has 0 spiro atoms. The normalized spacial score (nSPS) is 13.1. The molecule has 182 valence electrons. The van der Waals surface area contributed by atoms with E-state index in [1.165, 1.54) is 29.2 Å². The molecule has 1 N–H and O–H groups in total. The van der Waals surface area contributed by atoms with Crippen LogP contribution < -0.4 is 15.1 Å². The third-order valence-electron chi connectivity index (χ3n) is 5.49. The van der Waals surface area contributed by atoms with Crippen LogP contribution in [0.5, 0.6) is 0 Å². The molecule has 4 rings (SSSR count). The van der Waals surface area contributed by atoms with E-state index in [9.17, 15) is 19.2 Å². The highest BCUT2D eigenvalue weighted by molar-refractivity contribution is 6.53. The maximum atomic E-state index is 13.1. The van der Waals surface area contributed by atoms with E-state index in [0.717, 1.165) is 10.6 Å². The lowest BCUT2D eigenvalue weighted by Crippen LogP contribution is -2.32. The molecule has 0 unspecified atom stereocenters. The molecule has 3 aromatic rings. The van der Waals surface area contributed by atoms with Crippen molar-refractivity contribution in [2.45, 2.75) is 6.92 Å². The number of hydrogen-bond donors (Lipinski definition) is 1. The number of hydrogen-bond acceptors (Lipinski definition) is 6. The van der Waals surface area contributed by atoms with Crippen LogP contribution in [0.1, 0.15) is 27.6 Å². The molecule has 0 radical (unpaired) electrons. The van der Waals surface area contributed by atoms with Gasteiger partial charge in [0.1, 0.15) is 10.7 Å². The summed E-state index contributed by atoms with van der Waals surface area (Å²) >= 11 is 6.23. The lowest BCUT2D eigenvalue weighted by atomic mass is 10.1. The van der Waals surface area contributed by atoms with E-state index in [1.807, 2.05) is 30.3 Å². The number of carbonyl (C=O) groups is 4. The quantitative estimate of drug-likeness (QED) is 0.374. The van der Waals surface area contributed by atoms with Gasteiger partial charge in [-0.25, -0.2) is 9.69 Å². The fourth-order valence-corrected chi connectivity index (χ4v) is 3.86. The van der Waals surface area contributed by atoms with Gasteiger partial charge in [-0.1, -0.05) is 35.9 Å². The second-order valence-corrected chi connectivity index (χ2v) is 8.19. The van der Waals surface area contributed by atoms with Gasteiger partial charge in [0.05, 0.1) is 17.9 Å². The van der Waals surface area contributed by atoms with E-state index in [2.05, 4.69) is 5.32 Å². The number of esters is 1. The van der Waals surface area contributed by atoms with E-state index in [1.54, 1.807) is 38.2 Å². The van der Waals surface area contributed by atoms with Crippen molar-refractivity contribution in [3.8, 4) is 0 Å². The van der Waals surface area contributed by atoms with Gasteiger partial charge in [-0.05, 0) is 61.5 Å². The van der Waals surface area contributed by atoms with Crippen LogP contribution in [0, 0.1) is 0 Å². The molecule has 1 aliphatic heterocycles. The predicted octanol–water partition coefficient (Wildman–Crippen LogP) is 4.58. The van der Waals surface area contributed by atoms with Crippen molar-refractivity contribution in [2.75, 3.05) is 28.8 Å². The Hall–Kier alpha value is -4.43. The van der Waals surface area contributed by atoms with Crippen LogP contribution in [-0.4, -0.2) is 37.3 Å². The highest BCUT2D eigenvalue weighted by atomic mass is 35.5. The topological polar surface area (TPSA) is 96.0 Å². The molecule has 3 aromatic carbocycles. The van der Waals surface area contributed by atoms with Crippen LogP contribution in [0.3, 0.4) is 0 Å². The molecule has 0 saturated carbocycles. The molecule has 0 fully saturated rings. The van der Waals surface area contributed by atoms with E-state index in [0.29, 0.717) is 16.8 Å². The van der Waals surface area contributed by atoms with Gasteiger partial charge in [-0.3, -0.25) is 14.4 Å². The van der Waals surface area contributed by atoms with Gasteiger partial charge in [0.15, 0.2) is 0 Å². The first-order valence-electron chi connectivity index (χ1n) is 11.1. The number of ether oxygens (including phenoxy) is 1. The molecular formula is C27H22ClN3O5. The maximum absolute atomic E-state index is 13.1. The molecule has 0 atom stereocenters. The summed E-state index contributed by atoms with van der Waals surface area (Å²) in [6.45, 7) is 1.93. The summed E-state index contributed by atoms with van der Waals surface area (Å²) in [5.41, 5.74) is 1.95. The molecule has 0 saturated heterocycles. The lowest BCUT2D eigenvalue weighted by molar-refractivity contribution is -0.120. The largest absolute Gasteiger partial charge is 0.462 e. The van der Waals surface area contributed by atoms with Gasteiger partial charge in [0.25, 0.3) is 17.7 Å². The third-order valence-corrected chi connectivity index (χ3v) is 5.84. The maximum Gasteiger partial charge on any atom is 0.338 e. The minimum Gasteiger partial charge on any atom is -0.462 e. The van der Waals surface area contributed by atoms with Gasteiger partial charge in [-0.15, -0.1) is 0 Å². The Bertz CT molecular complexity index is 1370. The number of halogens is 1. The summed E-state index contributed by atoms with van der Waals surface area (Å²) < 4.78 is 4.95. The Kier molecular flexibility index (Phi) is 7.17. The van der Waals surface area contributed by atoms with Gasteiger partial charge < -0.3 is 15.0 Å². The Morgan fingerprint density at radius 3 is 2.28 bits per heavy atom. The molecule has 3 amide bonds. The number of carbonyl (C=O) groups excluding carboxylic acids is 4. The van der Waals surface area contributed by atoms with Crippen LogP contribution in [-0.2, 0) is 14.3 Å². The number of benzene rings is 3. The zero-order valence-electron chi connectivity index (χ0n) is 19.5. The Morgan fingerprint density at radius 1 is 0.917 bits per heavy atom. The molecule has 8 nitrogen and oxygen atoms in total. The molecule has 9 heteroatoms. The summed E-state index contributed by atoms with van der Waals surface area (Å²) in [6.07, 6.45) is 0. The Labute approximate surface area is 212 Å². The van der Waals surface area contributed by atoms with E-state index in [-0.39, 0.29) is 28.9 Å². The summed E-state index contributed by atoms with van der Waals surface area (Å²) in [6, 6.07) is 21.6. The first-order valence-corrected chi connectivity index (χ1v) is 11.5. The molecule has 0 aliphatic carbocycles. The minimum absolute atomic E-state index is 0.114. The molecule has 1 heterocycles. The number of nitrogens with one attached hydrogen (secondary N) is 1. The average Bonchev–Trinajstić information content (AvgIpc) is 3.11. The monoisotopic (exact) mass is 503 g/mol. The third kappa shape index (κ3) is 4.85. The van der Waals surface area contributed by atoms with Crippen molar-refractivity contribution in [3.05, 3.63) is 101 Å². The zero-order valence-corrected chi connectivity index (χ0v) is 20.3. The zero-order chi connectivity index (χ0) is 25.8. The Morgan fingerprint density at radius 2 is 1.61 bits per heavy atom. The van der Waals surface area contributed by atoms with Crippen LogP contribution in [0.15, 0.2) is 89.6 Å². The summed E-state index contributed by atoms with van der Waals surface area (Å²) in [5.74, 6) is -2.12. The standard InChI is InChI=1S/C27H22ClN3O5/c1-3-36-27(35)17-12-14-21(15-13-17)31-25(33)22(28)23(26(31)34)29-19-9-7-8-18(16-19)24(32)30(2)20-10-5-4-6-11-20/h4-16,29H,3H2,1-2H3. The van der Waals surface area contributed by atoms with Crippen LogP contribution >= 0.6 is 11.6 Å². The number of para-hydroxylation sites is 1. The fourth-order valence-electron chi connectivity index (χ4n) is 3.64. The first kappa shape index (κ1) is 24.7. The number of imide groups is 1. The lowest BCUT2D eigenvalue weighted by Gasteiger charge is -2.18. The summed E-state index contributed by atoms with van der Waals surface area (Å²) in [7, 11) is 1.67. The predicted molar refractivity (Wildman–Crippen MR) is 137 cm³/mol. The van der Waals surface area contributed by atoms with E-state index >= 15 is 0 Å². The van der Waals surface area contributed by atoms with E-state index < -0.39 is 17.8 Å². The molecular weight excluding hydrogens is 482 g/mol. The van der Waals surface area contributed by atoms with Gasteiger partial charge in [0.2, 0.25) is 0 Å². The van der Waals surface area contributed by atoms with E-state index in [4.69, 9.17) is 16.3 Å². The van der Waals surface area contributed by atoms with Crippen LogP contribution in [0.25, 0.3) is 0 Å². The van der Waals surface area contributed by atoms with Crippen LogP contribution in [0.2, 0.25) is 0 Å². The molecule has 0 aromatic heterocycles. The molecule has 36 heavy (non-hydrogen) atoms. The Balaban J connectivity index is 1.53. The van der Waals surface area contributed by atoms with Crippen molar-refractivity contribution >= 4 is 52.4 Å². The molecule has 1 aliphatic rings. The fraction of sp³-hybridized carbons (Fsp3) is 0.111. The van der Waals surface area contributed by atoms with Crippen molar-refractivity contribution in [3.63, 3.8) is 0 Å². The minimum atomic E-state index is -0.705. The SMILES string of the molecule is CCOC(=O)c1ccc(N2C(=O)C(Cl)=C(Nc3cccc(C(=O)N(C)c4ccccc4)c3)C2=O)cc1. The van der Waals surface area contributed by atoms with Gasteiger partial charge in [-0.2, -0.15) is 0 Å². The highest BCUT2D eigenvalue weighted by Crippen LogP contribution is 2.30. The first-order chi connectivity index (χ1) is 17.3. The van der Waals surface area contributed by atoms with Crippen molar-refractivity contribution in [1.29, 1.82) is 0 Å². The highest BCUT2D eigenvalue weighted by Gasteiger charge is 2.39. The molecule has 0 bridgehead atoms. The number of rotatable bonds is 7. The van der Waals surface area contributed by atoms with Gasteiger partial charge in [0, 0.05) is 24.0 Å². The second kappa shape index (κ2) is 10.5. The summed E-state index contributed by atoms with van der Waals surface area (Å²) in [5, 5.41) is 2.60. The van der Waals surface area contributed by atoms with Crippen molar-refractivity contribution in [2.24, 2.45) is 0 Å².